The zero-order chi connectivity index (χ0) is 13.2. The molecule has 1 amide bonds. The Kier molecular flexibility index (Phi) is 4.62. The fraction of sp³-hybridized carbons (Fsp3) is 0.933. The third-order valence-electron chi connectivity index (χ3n) is 4.18. The van der Waals surface area contributed by atoms with Crippen molar-refractivity contribution >= 4 is 5.91 Å². The molecule has 100 valence electrons. The van der Waals surface area contributed by atoms with Crippen LogP contribution in [0.4, 0.5) is 0 Å². The van der Waals surface area contributed by atoms with E-state index in [2.05, 4.69) is 32.6 Å². The molecular weight excluding hydrogens is 210 g/mol. The zero-order valence-corrected chi connectivity index (χ0v) is 12.4. The van der Waals surface area contributed by atoms with Crippen molar-refractivity contribution in [3.8, 4) is 0 Å². The van der Waals surface area contributed by atoms with Gasteiger partial charge in [0, 0.05) is 19.0 Å². The molecule has 0 N–H and O–H groups in total. The van der Waals surface area contributed by atoms with Crippen molar-refractivity contribution in [1.29, 1.82) is 0 Å². The molecule has 1 aliphatic heterocycles. The number of amides is 1. The maximum atomic E-state index is 12.0. The number of carbonyl (C=O) groups excluding carboxylic acids is 1. The molecule has 1 saturated heterocycles. The molecule has 2 unspecified atom stereocenters. The van der Waals surface area contributed by atoms with Crippen molar-refractivity contribution in [3.63, 3.8) is 0 Å². The zero-order valence-electron chi connectivity index (χ0n) is 12.4. The lowest BCUT2D eigenvalue weighted by Gasteiger charge is -2.45. The van der Waals surface area contributed by atoms with Gasteiger partial charge in [-0.05, 0) is 23.7 Å². The minimum Gasteiger partial charge on any atom is -0.342 e. The summed E-state index contributed by atoms with van der Waals surface area (Å²) < 4.78 is 0. The Labute approximate surface area is 107 Å². The Morgan fingerprint density at radius 1 is 1.35 bits per heavy atom. The van der Waals surface area contributed by atoms with Crippen LogP contribution in [0.15, 0.2) is 0 Å². The van der Waals surface area contributed by atoms with Crippen LogP contribution in [0, 0.1) is 23.2 Å². The smallest absolute Gasteiger partial charge is 0.225 e. The molecule has 17 heavy (non-hydrogen) atoms. The predicted octanol–water partition coefficient (Wildman–Crippen LogP) is 3.56. The van der Waals surface area contributed by atoms with Crippen LogP contribution < -0.4 is 0 Å². The van der Waals surface area contributed by atoms with Crippen LogP contribution in [0.3, 0.4) is 0 Å². The first-order valence-corrected chi connectivity index (χ1v) is 7.06. The fourth-order valence-electron chi connectivity index (χ4n) is 3.15. The molecule has 0 spiro atoms. The molecule has 1 aliphatic rings. The summed E-state index contributed by atoms with van der Waals surface area (Å²) in [7, 11) is 0. The Morgan fingerprint density at radius 2 is 1.94 bits per heavy atom. The van der Waals surface area contributed by atoms with Crippen molar-refractivity contribution in [2.24, 2.45) is 23.2 Å². The van der Waals surface area contributed by atoms with Crippen LogP contribution in [0.5, 0.6) is 0 Å². The normalized spacial score (nSPS) is 26.4. The maximum absolute atomic E-state index is 12.0. The minimum atomic E-state index is 0.138. The second kappa shape index (κ2) is 5.41. The van der Waals surface area contributed by atoms with E-state index in [0.717, 1.165) is 19.0 Å². The third-order valence-corrected chi connectivity index (χ3v) is 4.18. The molecule has 0 aliphatic carbocycles. The van der Waals surface area contributed by atoms with Gasteiger partial charge in [-0.1, -0.05) is 48.0 Å². The Morgan fingerprint density at radius 3 is 2.35 bits per heavy atom. The molecule has 0 aromatic rings. The summed E-state index contributed by atoms with van der Waals surface area (Å²) in [6, 6.07) is 0. The van der Waals surface area contributed by atoms with Gasteiger partial charge in [0.1, 0.15) is 0 Å². The van der Waals surface area contributed by atoms with Crippen LogP contribution in [0.25, 0.3) is 0 Å². The lowest BCUT2D eigenvalue weighted by Crippen LogP contribution is -2.48. The molecule has 2 nitrogen and oxygen atoms in total. The molecule has 2 atom stereocenters. The van der Waals surface area contributed by atoms with Crippen molar-refractivity contribution in [3.05, 3.63) is 0 Å². The number of piperidine rings is 1. The first-order chi connectivity index (χ1) is 7.77. The summed E-state index contributed by atoms with van der Waals surface area (Å²) in [5.41, 5.74) is 0.369. The molecule has 0 aromatic heterocycles. The average Bonchev–Trinajstić information content (AvgIpc) is 2.25. The second-order valence-corrected chi connectivity index (χ2v) is 6.87. The van der Waals surface area contributed by atoms with Crippen LogP contribution >= 0.6 is 0 Å². The third kappa shape index (κ3) is 3.46. The predicted molar refractivity (Wildman–Crippen MR) is 72.8 cm³/mol. The van der Waals surface area contributed by atoms with Crippen LogP contribution in [0.1, 0.15) is 54.4 Å². The van der Waals surface area contributed by atoms with Gasteiger partial charge in [0.2, 0.25) is 5.91 Å². The average molecular weight is 239 g/mol. The Hall–Kier alpha value is -0.530. The molecule has 0 saturated carbocycles. The highest BCUT2D eigenvalue weighted by Crippen LogP contribution is 2.39. The summed E-state index contributed by atoms with van der Waals surface area (Å²) >= 11 is 0. The molecule has 0 radical (unpaired) electrons. The van der Waals surface area contributed by atoms with Gasteiger partial charge in [0.05, 0.1) is 0 Å². The van der Waals surface area contributed by atoms with E-state index >= 15 is 0 Å². The van der Waals surface area contributed by atoms with E-state index in [4.69, 9.17) is 0 Å². The number of nitrogens with zero attached hydrogens (tertiary/aromatic N) is 1. The van der Waals surface area contributed by atoms with Gasteiger partial charge >= 0.3 is 0 Å². The van der Waals surface area contributed by atoms with Gasteiger partial charge in [-0.25, -0.2) is 0 Å². The summed E-state index contributed by atoms with van der Waals surface area (Å²) in [4.78, 5) is 14.1. The molecule has 1 heterocycles. The van der Waals surface area contributed by atoms with Crippen molar-refractivity contribution in [2.45, 2.75) is 54.4 Å². The number of carbonyl (C=O) groups is 1. The van der Waals surface area contributed by atoms with E-state index in [1.165, 1.54) is 12.8 Å². The number of likely N-dealkylation sites (tertiary alicyclic amines) is 1. The van der Waals surface area contributed by atoms with Gasteiger partial charge in [-0.3, -0.25) is 4.79 Å². The molecule has 0 aromatic carbocycles. The van der Waals surface area contributed by atoms with E-state index in [1.54, 1.807) is 0 Å². The highest BCUT2D eigenvalue weighted by molar-refractivity contribution is 5.78. The fourth-order valence-corrected chi connectivity index (χ4v) is 3.15. The highest BCUT2D eigenvalue weighted by Gasteiger charge is 2.37. The largest absolute Gasteiger partial charge is 0.342 e. The lowest BCUT2D eigenvalue weighted by molar-refractivity contribution is -0.138. The lowest BCUT2D eigenvalue weighted by atomic mass is 9.68. The first-order valence-electron chi connectivity index (χ1n) is 7.06. The van der Waals surface area contributed by atoms with Crippen LogP contribution in [0.2, 0.25) is 0 Å². The Balaban J connectivity index is 2.70. The van der Waals surface area contributed by atoms with Crippen molar-refractivity contribution < 1.29 is 4.79 Å². The maximum Gasteiger partial charge on any atom is 0.225 e. The van der Waals surface area contributed by atoms with Crippen LogP contribution in [-0.2, 0) is 4.79 Å². The molecule has 1 rings (SSSR count). The van der Waals surface area contributed by atoms with E-state index < -0.39 is 0 Å². The topological polar surface area (TPSA) is 20.3 Å². The first kappa shape index (κ1) is 14.5. The van der Waals surface area contributed by atoms with Gasteiger partial charge in [-0.2, -0.15) is 0 Å². The van der Waals surface area contributed by atoms with Crippen molar-refractivity contribution in [2.75, 3.05) is 13.1 Å². The van der Waals surface area contributed by atoms with E-state index in [-0.39, 0.29) is 5.92 Å². The SMILES string of the molecule is CCC1CN(C(=O)C(C)C)CCC1C(C)(C)C. The number of hydrogen-bond acceptors (Lipinski definition) is 1. The summed E-state index contributed by atoms with van der Waals surface area (Å²) in [6.07, 6.45) is 2.35. The molecule has 1 fully saturated rings. The van der Waals surface area contributed by atoms with Gasteiger partial charge in [-0.15, -0.1) is 0 Å². The van der Waals surface area contributed by atoms with Gasteiger partial charge in [0.25, 0.3) is 0 Å². The van der Waals surface area contributed by atoms with Gasteiger partial charge < -0.3 is 4.90 Å². The number of hydrogen-bond donors (Lipinski definition) is 0. The number of rotatable bonds is 2. The molecular formula is C15H29NO. The summed E-state index contributed by atoms with van der Waals surface area (Å²) in [5, 5.41) is 0. The molecule has 2 heteroatoms. The van der Waals surface area contributed by atoms with Crippen LogP contribution in [-0.4, -0.2) is 23.9 Å². The molecule has 0 bridgehead atoms. The summed E-state index contributed by atoms with van der Waals surface area (Å²) in [5.74, 6) is 1.89. The van der Waals surface area contributed by atoms with E-state index in [0.29, 0.717) is 17.2 Å². The second-order valence-electron chi connectivity index (χ2n) is 6.87. The summed E-state index contributed by atoms with van der Waals surface area (Å²) in [6.45, 7) is 15.2. The standard InChI is InChI=1S/C15H29NO/c1-7-12-10-16(14(17)11(2)3)9-8-13(12)15(4,5)6/h11-13H,7-10H2,1-6H3. The Bertz CT molecular complexity index is 265. The monoisotopic (exact) mass is 239 g/mol. The van der Waals surface area contributed by atoms with E-state index in [1.807, 2.05) is 13.8 Å². The van der Waals surface area contributed by atoms with E-state index in [9.17, 15) is 4.79 Å². The quantitative estimate of drug-likeness (QED) is 0.721. The highest BCUT2D eigenvalue weighted by atomic mass is 16.2. The van der Waals surface area contributed by atoms with Gasteiger partial charge in [0.15, 0.2) is 0 Å². The van der Waals surface area contributed by atoms with Crippen molar-refractivity contribution in [1.82, 2.24) is 4.90 Å². The minimum absolute atomic E-state index is 0.138.